The number of rotatable bonds is 2. The molecule has 2 heteroatoms. The minimum Gasteiger partial charge on any atom is -0.241 e. The summed E-state index contributed by atoms with van der Waals surface area (Å²) in [6, 6.07) is 10.4. The van der Waals surface area contributed by atoms with E-state index in [4.69, 9.17) is 0 Å². The molecule has 69 valence electrons. The Morgan fingerprint density at radius 2 is 2.00 bits per heavy atom. The third-order valence-corrected chi connectivity index (χ3v) is 3.36. The zero-order valence-electron chi connectivity index (χ0n) is 7.68. The summed E-state index contributed by atoms with van der Waals surface area (Å²) in [5.41, 5.74) is 2.33. The van der Waals surface area contributed by atoms with Gasteiger partial charge in [-0.15, -0.1) is 11.3 Å². The van der Waals surface area contributed by atoms with Gasteiger partial charge in [-0.25, -0.2) is 4.98 Å². The second-order valence-corrected chi connectivity index (χ2v) is 4.40. The summed E-state index contributed by atoms with van der Waals surface area (Å²) < 4.78 is 0. The van der Waals surface area contributed by atoms with Gasteiger partial charge in [0.05, 0.1) is 10.7 Å². The average molecular weight is 200 g/mol. The van der Waals surface area contributed by atoms with Crippen LogP contribution in [0.25, 0.3) is 11.3 Å². The summed E-state index contributed by atoms with van der Waals surface area (Å²) in [5.74, 6) is 0.650. The van der Waals surface area contributed by atoms with E-state index in [1.54, 1.807) is 11.3 Å². The molecule has 1 aliphatic carbocycles. The third kappa shape index (κ3) is 1.46. The Balaban J connectivity index is 1.96. The second kappa shape index (κ2) is 3.21. The fraction of sp³-hybridized carbons (Fsp3) is 0.167. The predicted octanol–water partition coefficient (Wildman–Crippen LogP) is 3.50. The van der Waals surface area contributed by atoms with Crippen molar-refractivity contribution in [2.24, 2.45) is 0 Å². The molecule has 1 radical (unpaired) electrons. The Labute approximate surface area is 87.4 Å². The van der Waals surface area contributed by atoms with E-state index >= 15 is 0 Å². The highest BCUT2D eigenvalue weighted by Crippen LogP contribution is 2.41. The average Bonchev–Trinajstić information content (AvgIpc) is 2.98. The first-order chi connectivity index (χ1) is 6.93. The molecule has 0 N–H and O–H groups in total. The van der Waals surface area contributed by atoms with E-state index in [9.17, 15) is 0 Å². The van der Waals surface area contributed by atoms with Gasteiger partial charge in [-0.3, -0.25) is 0 Å². The number of hydrogen-bond acceptors (Lipinski definition) is 2. The highest BCUT2D eigenvalue weighted by Gasteiger charge is 2.27. The van der Waals surface area contributed by atoms with Gasteiger partial charge in [0.15, 0.2) is 0 Å². The first-order valence-corrected chi connectivity index (χ1v) is 5.65. The summed E-state index contributed by atoms with van der Waals surface area (Å²) in [5, 5.41) is 3.42. The number of nitrogens with zero attached hydrogens (tertiary/aromatic N) is 1. The van der Waals surface area contributed by atoms with Crippen LogP contribution in [0.5, 0.6) is 0 Å². The van der Waals surface area contributed by atoms with E-state index in [0.717, 1.165) is 5.69 Å². The number of aromatic nitrogens is 1. The van der Waals surface area contributed by atoms with Gasteiger partial charge in [0.2, 0.25) is 0 Å². The number of benzene rings is 1. The summed E-state index contributed by atoms with van der Waals surface area (Å²) in [6.45, 7) is 0. The highest BCUT2D eigenvalue weighted by atomic mass is 32.1. The van der Waals surface area contributed by atoms with E-state index in [2.05, 4.69) is 41.1 Å². The van der Waals surface area contributed by atoms with Crippen LogP contribution >= 0.6 is 11.3 Å². The zero-order chi connectivity index (χ0) is 9.38. The van der Waals surface area contributed by atoms with Gasteiger partial charge in [-0.05, 0) is 12.8 Å². The summed E-state index contributed by atoms with van der Waals surface area (Å²) >= 11 is 1.77. The van der Waals surface area contributed by atoms with Gasteiger partial charge in [-0.2, -0.15) is 0 Å². The van der Waals surface area contributed by atoms with Crippen molar-refractivity contribution in [1.29, 1.82) is 0 Å². The lowest BCUT2D eigenvalue weighted by atomic mass is 10.2. The molecule has 2 aromatic rings. The van der Waals surface area contributed by atoms with Crippen molar-refractivity contribution < 1.29 is 0 Å². The summed E-state index contributed by atoms with van der Waals surface area (Å²) in [4.78, 5) is 4.63. The van der Waals surface area contributed by atoms with Crippen LogP contribution in [-0.2, 0) is 0 Å². The van der Waals surface area contributed by atoms with Crippen LogP contribution in [0.2, 0.25) is 0 Å². The Bertz CT molecular complexity index is 429. The molecule has 1 aromatic carbocycles. The molecule has 0 spiro atoms. The second-order valence-electron chi connectivity index (χ2n) is 3.51. The maximum absolute atomic E-state index is 4.63. The highest BCUT2D eigenvalue weighted by molar-refractivity contribution is 7.10. The van der Waals surface area contributed by atoms with Crippen LogP contribution in [0.15, 0.2) is 35.7 Å². The van der Waals surface area contributed by atoms with Crippen molar-refractivity contribution in [3.8, 4) is 11.3 Å². The molecule has 0 bridgehead atoms. The van der Waals surface area contributed by atoms with Gasteiger partial charge >= 0.3 is 0 Å². The van der Waals surface area contributed by atoms with Crippen molar-refractivity contribution in [3.05, 3.63) is 47.1 Å². The first kappa shape index (κ1) is 8.18. The standard InChI is InChI=1S/C12H10NS/c1-2-4-9(5-3-1)11-8-14-12(13-11)10-6-7-10/h1-6,8,10H,7H2. The Morgan fingerprint density at radius 1 is 1.21 bits per heavy atom. The Hall–Kier alpha value is -1.15. The minimum atomic E-state index is 0.650. The van der Waals surface area contributed by atoms with Crippen molar-refractivity contribution >= 4 is 11.3 Å². The number of thiazole rings is 1. The largest absolute Gasteiger partial charge is 0.241 e. The maximum atomic E-state index is 4.63. The molecular formula is C12H10NS. The van der Waals surface area contributed by atoms with E-state index < -0.39 is 0 Å². The van der Waals surface area contributed by atoms with Crippen LogP contribution in [0.4, 0.5) is 0 Å². The van der Waals surface area contributed by atoms with Crippen LogP contribution in [-0.4, -0.2) is 4.98 Å². The molecule has 1 nitrogen and oxygen atoms in total. The van der Waals surface area contributed by atoms with Gasteiger partial charge in [0.25, 0.3) is 0 Å². The normalized spacial score (nSPS) is 15.7. The maximum Gasteiger partial charge on any atom is 0.0966 e. The molecular weight excluding hydrogens is 190 g/mol. The van der Waals surface area contributed by atoms with Crippen molar-refractivity contribution in [3.63, 3.8) is 0 Å². The summed E-state index contributed by atoms with van der Waals surface area (Å²) in [7, 11) is 0. The fourth-order valence-corrected chi connectivity index (χ4v) is 2.41. The molecule has 1 fully saturated rings. The zero-order valence-corrected chi connectivity index (χ0v) is 8.50. The van der Waals surface area contributed by atoms with Gasteiger partial charge < -0.3 is 0 Å². The fourth-order valence-electron chi connectivity index (χ4n) is 1.47. The topological polar surface area (TPSA) is 12.9 Å². The summed E-state index contributed by atoms with van der Waals surface area (Å²) in [6.07, 6.45) is 3.51. The van der Waals surface area contributed by atoms with E-state index in [1.165, 1.54) is 17.0 Å². The molecule has 3 rings (SSSR count). The molecule has 0 amide bonds. The Kier molecular flexibility index (Phi) is 1.88. The van der Waals surface area contributed by atoms with E-state index in [-0.39, 0.29) is 0 Å². The molecule has 1 atom stereocenters. The number of hydrogen-bond donors (Lipinski definition) is 0. The molecule has 1 saturated carbocycles. The van der Waals surface area contributed by atoms with Gasteiger partial charge in [0.1, 0.15) is 0 Å². The molecule has 14 heavy (non-hydrogen) atoms. The predicted molar refractivity (Wildman–Crippen MR) is 59.2 cm³/mol. The lowest BCUT2D eigenvalue weighted by Crippen LogP contribution is -1.79. The van der Waals surface area contributed by atoms with Crippen LogP contribution in [0.3, 0.4) is 0 Å². The monoisotopic (exact) mass is 200 g/mol. The van der Waals surface area contributed by atoms with Gasteiger partial charge in [0, 0.05) is 16.9 Å². The quantitative estimate of drug-likeness (QED) is 0.723. The van der Waals surface area contributed by atoms with Gasteiger partial charge in [-0.1, -0.05) is 30.3 Å². The molecule has 1 aliphatic rings. The molecule has 1 unspecified atom stereocenters. The molecule has 1 aromatic heterocycles. The Morgan fingerprint density at radius 3 is 2.71 bits per heavy atom. The van der Waals surface area contributed by atoms with Crippen LogP contribution < -0.4 is 0 Å². The minimum absolute atomic E-state index is 0.650. The van der Waals surface area contributed by atoms with Crippen molar-refractivity contribution in [2.75, 3.05) is 0 Å². The SMILES string of the molecule is [CH]1CC1c1nc(-c2ccccc2)cs1. The third-order valence-electron chi connectivity index (χ3n) is 2.38. The lowest BCUT2D eigenvalue weighted by Gasteiger charge is -1.93. The first-order valence-electron chi connectivity index (χ1n) is 4.77. The smallest absolute Gasteiger partial charge is 0.0966 e. The lowest BCUT2D eigenvalue weighted by molar-refractivity contribution is 1.11. The molecule has 0 saturated heterocycles. The van der Waals surface area contributed by atoms with Crippen LogP contribution in [0.1, 0.15) is 17.3 Å². The van der Waals surface area contributed by atoms with E-state index in [0.29, 0.717) is 5.92 Å². The van der Waals surface area contributed by atoms with Crippen molar-refractivity contribution in [1.82, 2.24) is 4.98 Å². The molecule has 1 heterocycles. The van der Waals surface area contributed by atoms with Crippen LogP contribution in [0, 0.1) is 6.42 Å². The van der Waals surface area contributed by atoms with E-state index in [1.807, 2.05) is 6.07 Å². The van der Waals surface area contributed by atoms with Crippen molar-refractivity contribution in [2.45, 2.75) is 12.3 Å². The molecule has 0 aliphatic heterocycles.